The standard InChI is InChI=1S/C17H22N2O4/c1-17(2,3)23-16(21)19-14(10-15(20)22-4)13-9-11-7-5-6-8-12(11)18-13/h5-9,14,18H,10H2,1-4H3,(H,19,21)/t14-/m0/s1. The van der Waals surface area contributed by atoms with Crippen LogP contribution in [0.5, 0.6) is 0 Å². The molecule has 1 amide bonds. The first kappa shape index (κ1) is 16.9. The van der Waals surface area contributed by atoms with E-state index in [-0.39, 0.29) is 6.42 Å². The number of alkyl carbamates (subject to hydrolysis) is 1. The second-order valence-corrected chi connectivity index (χ2v) is 6.29. The van der Waals surface area contributed by atoms with Crippen molar-refractivity contribution in [3.8, 4) is 0 Å². The van der Waals surface area contributed by atoms with Gasteiger partial charge in [0.2, 0.25) is 0 Å². The third-order valence-electron chi connectivity index (χ3n) is 3.22. The summed E-state index contributed by atoms with van der Waals surface area (Å²) in [6.45, 7) is 5.35. The van der Waals surface area contributed by atoms with E-state index in [1.54, 1.807) is 20.8 Å². The number of aromatic nitrogens is 1. The molecule has 1 atom stereocenters. The molecule has 2 aromatic rings. The minimum atomic E-state index is -0.611. The maximum Gasteiger partial charge on any atom is 0.408 e. The van der Waals surface area contributed by atoms with E-state index < -0.39 is 23.7 Å². The summed E-state index contributed by atoms with van der Waals surface area (Å²) >= 11 is 0. The number of nitrogens with one attached hydrogen (secondary N) is 2. The fourth-order valence-electron chi connectivity index (χ4n) is 2.22. The highest BCUT2D eigenvalue weighted by Gasteiger charge is 2.24. The second kappa shape index (κ2) is 6.73. The van der Waals surface area contributed by atoms with Gasteiger partial charge in [-0.05, 0) is 38.3 Å². The van der Waals surface area contributed by atoms with Crippen LogP contribution in [0.15, 0.2) is 30.3 Å². The van der Waals surface area contributed by atoms with E-state index in [4.69, 9.17) is 9.47 Å². The van der Waals surface area contributed by atoms with Gasteiger partial charge in [0.25, 0.3) is 0 Å². The van der Waals surface area contributed by atoms with Gasteiger partial charge in [-0.15, -0.1) is 0 Å². The number of hydrogen-bond acceptors (Lipinski definition) is 4. The Bertz CT molecular complexity index is 667. The van der Waals surface area contributed by atoms with E-state index in [9.17, 15) is 9.59 Å². The van der Waals surface area contributed by atoms with Crippen molar-refractivity contribution in [1.29, 1.82) is 0 Å². The van der Waals surface area contributed by atoms with Gasteiger partial charge < -0.3 is 19.8 Å². The number of carbonyl (C=O) groups excluding carboxylic acids is 2. The van der Waals surface area contributed by atoms with Crippen LogP contribution in [-0.4, -0.2) is 29.8 Å². The van der Waals surface area contributed by atoms with E-state index in [0.717, 1.165) is 16.6 Å². The molecular weight excluding hydrogens is 296 g/mol. The van der Waals surface area contributed by atoms with Gasteiger partial charge >= 0.3 is 12.1 Å². The van der Waals surface area contributed by atoms with Crippen molar-refractivity contribution in [2.45, 2.75) is 38.8 Å². The van der Waals surface area contributed by atoms with Gasteiger partial charge in [0.05, 0.1) is 19.6 Å². The van der Waals surface area contributed by atoms with E-state index in [1.807, 2.05) is 30.3 Å². The Morgan fingerprint density at radius 2 is 1.96 bits per heavy atom. The minimum Gasteiger partial charge on any atom is -0.469 e. The predicted molar refractivity (Wildman–Crippen MR) is 87.0 cm³/mol. The van der Waals surface area contributed by atoms with Crippen molar-refractivity contribution in [2.24, 2.45) is 0 Å². The Labute approximate surface area is 135 Å². The van der Waals surface area contributed by atoms with Gasteiger partial charge in [-0.1, -0.05) is 18.2 Å². The summed E-state index contributed by atoms with van der Waals surface area (Å²) in [7, 11) is 1.32. The lowest BCUT2D eigenvalue weighted by molar-refractivity contribution is -0.141. The molecule has 124 valence electrons. The van der Waals surface area contributed by atoms with Crippen molar-refractivity contribution in [1.82, 2.24) is 10.3 Å². The molecule has 0 bridgehead atoms. The lowest BCUT2D eigenvalue weighted by Gasteiger charge is -2.22. The average molecular weight is 318 g/mol. The average Bonchev–Trinajstić information content (AvgIpc) is 2.88. The maximum atomic E-state index is 12.0. The lowest BCUT2D eigenvalue weighted by Crippen LogP contribution is -2.36. The number of rotatable bonds is 4. The number of benzene rings is 1. The molecule has 6 nitrogen and oxygen atoms in total. The minimum absolute atomic E-state index is 0.0164. The number of carbonyl (C=O) groups is 2. The highest BCUT2D eigenvalue weighted by atomic mass is 16.6. The smallest absolute Gasteiger partial charge is 0.408 e. The summed E-state index contributed by atoms with van der Waals surface area (Å²) in [5, 5.41) is 3.73. The Balaban J connectivity index is 2.22. The van der Waals surface area contributed by atoms with Crippen molar-refractivity contribution in [2.75, 3.05) is 7.11 Å². The van der Waals surface area contributed by atoms with Crippen LogP contribution in [0.3, 0.4) is 0 Å². The monoisotopic (exact) mass is 318 g/mol. The zero-order chi connectivity index (χ0) is 17.0. The first-order valence-corrected chi connectivity index (χ1v) is 7.42. The predicted octanol–water partition coefficient (Wildman–Crippen LogP) is 3.30. The molecule has 1 aromatic carbocycles. The summed E-state index contributed by atoms with van der Waals surface area (Å²) < 4.78 is 9.98. The van der Waals surface area contributed by atoms with Crippen molar-refractivity contribution in [3.05, 3.63) is 36.0 Å². The van der Waals surface area contributed by atoms with Crippen molar-refractivity contribution >= 4 is 23.0 Å². The molecule has 1 aromatic heterocycles. The van der Waals surface area contributed by atoms with E-state index in [2.05, 4.69) is 10.3 Å². The van der Waals surface area contributed by atoms with Gasteiger partial charge in [0.1, 0.15) is 5.60 Å². The van der Waals surface area contributed by atoms with Crippen LogP contribution >= 0.6 is 0 Å². The van der Waals surface area contributed by atoms with Crippen LogP contribution in [0.25, 0.3) is 10.9 Å². The molecule has 0 spiro atoms. The van der Waals surface area contributed by atoms with Gasteiger partial charge in [0.15, 0.2) is 0 Å². The molecule has 6 heteroatoms. The number of H-pyrrole nitrogens is 1. The molecule has 2 rings (SSSR count). The van der Waals surface area contributed by atoms with Gasteiger partial charge in [-0.2, -0.15) is 0 Å². The largest absolute Gasteiger partial charge is 0.469 e. The van der Waals surface area contributed by atoms with Crippen LogP contribution in [0.4, 0.5) is 4.79 Å². The SMILES string of the molecule is COC(=O)C[C@H](NC(=O)OC(C)(C)C)c1cc2ccccc2[nH]1. The number of amides is 1. The fourth-order valence-corrected chi connectivity index (χ4v) is 2.22. The van der Waals surface area contributed by atoms with E-state index in [1.165, 1.54) is 7.11 Å². The molecule has 0 aliphatic carbocycles. The zero-order valence-corrected chi connectivity index (χ0v) is 13.8. The number of fused-ring (bicyclic) bond motifs is 1. The Kier molecular flexibility index (Phi) is 4.93. The number of ether oxygens (including phenoxy) is 2. The normalized spacial score (nSPS) is 12.7. The van der Waals surface area contributed by atoms with Crippen molar-refractivity contribution in [3.63, 3.8) is 0 Å². The summed E-state index contributed by atoms with van der Waals surface area (Å²) in [5.41, 5.74) is 1.05. The summed E-state index contributed by atoms with van der Waals surface area (Å²) in [6.07, 6.45) is -0.562. The van der Waals surface area contributed by atoms with Crippen LogP contribution in [0, 0.1) is 0 Å². The molecule has 0 aliphatic rings. The number of methoxy groups -OCH3 is 1. The first-order chi connectivity index (χ1) is 10.8. The third-order valence-corrected chi connectivity index (χ3v) is 3.22. The van der Waals surface area contributed by atoms with Crippen LogP contribution in [0.2, 0.25) is 0 Å². The molecule has 0 unspecified atom stereocenters. The van der Waals surface area contributed by atoms with Gasteiger partial charge in [-0.25, -0.2) is 4.79 Å². The van der Waals surface area contributed by atoms with E-state index in [0.29, 0.717) is 0 Å². The summed E-state index contributed by atoms with van der Waals surface area (Å²) in [5.74, 6) is -0.412. The Morgan fingerprint density at radius 1 is 1.26 bits per heavy atom. The molecule has 0 saturated carbocycles. The van der Waals surface area contributed by atoms with Crippen LogP contribution in [0.1, 0.15) is 38.9 Å². The quantitative estimate of drug-likeness (QED) is 0.848. The summed E-state index contributed by atoms with van der Waals surface area (Å²) in [6, 6.07) is 9.08. The first-order valence-electron chi connectivity index (χ1n) is 7.42. The molecular formula is C17H22N2O4. The molecule has 0 aliphatic heterocycles. The number of esters is 1. The van der Waals surface area contributed by atoms with E-state index >= 15 is 0 Å². The number of aromatic amines is 1. The van der Waals surface area contributed by atoms with Gasteiger partial charge in [0, 0.05) is 11.2 Å². The fraction of sp³-hybridized carbons (Fsp3) is 0.412. The Hall–Kier alpha value is -2.50. The number of para-hydroxylation sites is 1. The highest BCUT2D eigenvalue weighted by Crippen LogP contribution is 2.23. The number of hydrogen-bond donors (Lipinski definition) is 2. The molecule has 2 N–H and O–H groups in total. The Morgan fingerprint density at radius 3 is 2.57 bits per heavy atom. The molecule has 0 fully saturated rings. The second-order valence-electron chi connectivity index (χ2n) is 6.29. The highest BCUT2D eigenvalue weighted by molar-refractivity contribution is 5.81. The van der Waals surface area contributed by atoms with Crippen molar-refractivity contribution < 1.29 is 19.1 Å². The van der Waals surface area contributed by atoms with Crippen LogP contribution < -0.4 is 5.32 Å². The maximum absolute atomic E-state index is 12.0. The van der Waals surface area contributed by atoms with Gasteiger partial charge in [-0.3, -0.25) is 4.79 Å². The topological polar surface area (TPSA) is 80.4 Å². The third kappa shape index (κ3) is 4.74. The summed E-state index contributed by atoms with van der Waals surface area (Å²) in [4.78, 5) is 26.9. The molecule has 23 heavy (non-hydrogen) atoms. The van der Waals surface area contributed by atoms with Crippen LogP contribution in [-0.2, 0) is 14.3 Å². The molecule has 0 radical (unpaired) electrons. The molecule has 1 heterocycles. The zero-order valence-electron chi connectivity index (χ0n) is 13.8. The lowest BCUT2D eigenvalue weighted by atomic mass is 10.1. The molecule has 0 saturated heterocycles.